The van der Waals surface area contributed by atoms with Crippen molar-refractivity contribution in [3.05, 3.63) is 60.2 Å². The first-order valence-electron chi connectivity index (χ1n) is 8.16. The van der Waals surface area contributed by atoms with Gasteiger partial charge in [-0.05, 0) is 43.3 Å². The van der Waals surface area contributed by atoms with E-state index in [-0.39, 0.29) is 4.90 Å². The number of para-hydroxylation sites is 1. The second-order valence-electron chi connectivity index (χ2n) is 5.71. The van der Waals surface area contributed by atoms with Gasteiger partial charge < -0.3 is 14.8 Å². The molecule has 148 valence electrons. The van der Waals surface area contributed by atoms with Crippen LogP contribution in [0.15, 0.2) is 59.5 Å². The molecule has 1 amide bonds. The topological polar surface area (TPSA) is 125 Å². The van der Waals surface area contributed by atoms with E-state index in [0.29, 0.717) is 17.0 Å². The van der Waals surface area contributed by atoms with Gasteiger partial charge in [0.05, 0.1) is 12.0 Å². The molecule has 0 aromatic heterocycles. The minimum absolute atomic E-state index is 0.0774. The molecule has 2 rings (SSSR count). The van der Waals surface area contributed by atoms with E-state index < -0.39 is 28.0 Å². The highest BCUT2D eigenvalue weighted by Crippen LogP contribution is 2.18. The number of hydrogen-bond donors (Lipinski definition) is 2. The van der Waals surface area contributed by atoms with Crippen LogP contribution < -0.4 is 15.2 Å². The average Bonchev–Trinajstić information content (AvgIpc) is 2.66. The number of primary sulfonamides is 1. The maximum absolute atomic E-state index is 12.1. The van der Waals surface area contributed by atoms with Crippen LogP contribution in [-0.2, 0) is 24.3 Å². The number of benzene rings is 2. The second-order valence-corrected chi connectivity index (χ2v) is 7.27. The highest BCUT2D eigenvalue weighted by Gasteiger charge is 2.17. The van der Waals surface area contributed by atoms with E-state index >= 15 is 0 Å². The van der Waals surface area contributed by atoms with Crippen LogP contribution in [0.25, 0.3) is 6.08 Å². The van der Waals surface area contributed by atoms with Crippen LogP contribution in [0.5, 0.6) is 5.75 Å². The molecule has 8 nitrogen and oxygen atoms in total. The Morgan fingerprint density at radius 2 is 1.75 bits per heavy atom. The zero-order valence-electron chi connectivity index (χ0n) is 15.3. The smallest absolute Gasteiger partial charge is 0.331 e. The molecule has 0 heterocycles. The van der Waals surface area contributed by atoms with Crippen molar-refractivity contribution in [2.45, 2.75) is 17.9 Å². The van der Waals surface area contributed by atoms with Gasteiger partial charge in [-0.15, -0.1) is 0 Å². The molecule has 2 aromatic carbocycles. The third-order valence-electron chi connectivity index (χ3n) is 3.65. The second kappa shape index (κ2) is 9.16. The Labute approximate surface area is 163 Å². The van der Waals surface area contributed by atoms with E-state index in [9.17, 15) is 18.0 Å². The minimum Gasteiger partial charge on any atom is -0.496 e. The molecule has 2 aromatic rings. The number of ether oxygens (including phenoxy) is 2. The Morgan fingerprint density at radius 3 is 2.36 bits per heavy atom. The van der Waals surface area contributed by atoms with Crippen molar-refractivity contribution in [3.63, 3.8) is 0 Å². The van der Waals surface area contributed by atoms with Crippen molar-refractivity contribution in [1.29, 1.82) is 0 Å². The Balaban J connectivity index is 1.94. The van der Waals surface area contributed by atoms with Gasteiger partial charge in [0.2, 0.25) is 10.0 Å². The van der Waals surface area contributed by atoms with Crippen LogP contribution in [0, 0.1) is 0 Å². The van der Waals surface area contributed by atoms with Crippen LogP contribution >= 0.6 is 0 Å². The number of hydrogen-bond acceptors (Lipinski definition) is 6. The third-order valence-corrected chi connectivity index (χ3v) is 4.58. The van der Waals surface area contributed by atoms with Gasteiger partial charge in [0, 0.05) is 17.3 Å². The Hall–Kier alpha value is -3.17. The first kappa shape index (κ1) is 21.1. The van der Waals surface area contributed by atoms with Crippen LogP contribution in [0.1, 0.15) is 12.5 Å². The molecule has 0 radical (unpaired) electrons. The standard InChI is InChI=1S/C19H20N2O6S/c1-13(19(23)21-15-8-10-16(11-9-15)28(20,24)25)27-18(22)12-7-14-5-3-4-6-17(14)26-2/h3-13H,1-2H3,(H,21,23)(H2,20,24,25)/b12-7+/t13-/m0/s1. The van der Waals surface area contributed by atoms with Gasteiger partial charge in [0.15, 0.2) is 6.10 Å². The summed E-state index contributed by atoms with van der Waals surface area (Å²) >= 11 is 0. The lowest BCUT2D eigenvalue weighted by Crippen LogP contribution is -2.29. The predicted octanol–water partition coefficient (Wildman–Crippen LogP) is 1.93. The molecule has 9 heteroatoms. The number of sulfonamides is 1. The molecule has 0 spiro atoms. The summed E-state index contributed by atoms with van der Waals surface area (Å²) in [5.41, 5.74) is 1.03. The molecule has 0 saturated carbocycles. The van der Waals surface area contributed by atoms with Gasteiger partial charge in [-0.3, -0.25) is 4.79 Å². The van der Waals surface area contributed by atoms with Crippen molar-refractivity contribution >= 4 is 33.7 Å². The molecule has 0 aliphatic heterocycles. The Kier molecular flexibility index (Phi) is 6.91. The molecule has 0 aliphatic rings. The van der Waals surface area contributed by atoms with Gasteiger partial charge in [-0.1, -0.05) is 18.2 Å². The van der Waals surface area contributed by atoms with E-state index in [4.69, 9.17) is 14.6 Å². The Morgan fingerprint density at radius 1 is 1.11 bits per heavy atom. The summed E-state index contributed by atoms with van der Waals surface area (Å²) in [5, 5.41) is 7.53. The predicted molar refractivity (Wildman–Crippen MR) is 104 cm³/mol. The van der Waals surface area contributed by atoms with Crippen molar-refractivity contribution < 1.29 is 27.5 Å². The van der Waals surface area contributed by atoms with Crippen LogP contribution in [0.3, 0.4) is 0 Å². The fraction of sp³-hybridized carbons (Fsp3) is 0.158. The summed E-state index contributed by atoms with van der Waals surface area (Å²) < 4.78 is 32.7. The average molecular weight is 404 g/mol. The first-order chi connectivity index (χ1) is 13.2. The number of anilines is 1. The fourth-order valence-corrected chi connectivity index (χ4v) is 2.72. The zero-order chi connectivity index (χ0) is 20.7. The number of carbonyl (C=O) groups excluding carboxylic acids is 2. The largest absolute Gasteiger partial charge is 0.496 e. The molecule has 1 atom stereocenters. The lowest BCUT2D eigenvalue weighted by Gasteiger charge is -2.12. The molecule has 0 fully saturated rings. The maximum Gasteiger partial charge on any atom is 0.331 e. The van der Waals surface area contributed by atoms with E-state index in [1.54, 1.807) is 24.3 Å². The number of nitrogens with two attached hydrogens (primary N) is 1. The molecule has 0 unspecified atom stereocenters. The molecule has 28 heavy (non-hydrogen) atoms. The molecule has 0 saturated heterocycles. The monoisotopic (exact) mass is 404 g/mol. The first-order valence-corrected chi connectivity index (χ1v) is 9.71. The number of esters is 1. The van der Waals surface area contributed by atoms with Crippen molar-refractivity contribution in [1.82, 2.24) is 0 Å². The van der Waals surface area contributed by atoms with Crippen molar-refractivity contribution in [2.75, 3.05) is 12.4 Å². The lowest BCUT2D eigenvalue weighted by atomic mass is 10.2. The van der Waals surface area contributed by atoms with Gasteiger partial charge in [-0.2, -0.15) is 0 Å². The van der Waals surface area contributed by atoms with Crippen LogP contribution in [-0.4, -0.2) is 33.5 Å². The number of amides is 1. The fourth-order valence-electron chi connectivity index (χ4n) is 2.20. The number of methoxy groups -OCH3 is 1. The van der Waals surface area contributed by atoms with E-state index in [2.05, 4.69) is 5.32 Å². The number of rotatable bonds is 7. The van der Waals surface area contributed by atoms with Crippen LogP contribution in [0.2, 0.25) is 0 Å². The van der Waals surface area contributed by atoms with Crippen LogP contribution in [0.4, 0.5) is 5.69 Å². The van der Waals surface area contributed by atoms with E-state index in [0.717, 1.165) is 0 Å². The summed E-state index contributed by atoms with van der Waals surface area (Å²) in [4.78, 5) is 24.0. The van der Waals surface area contributed by atoms with Gasteiger partial charge in [0.25, 0.3) is 5.91 Å². The quantitative estimate of drug-likeness (QED) is 0.537. The van der Waals surface area contributed by atoms with Gasteiger partial charge in [-0.25, -0.2) is 18.4 Å². The molecule has 0 aliphatic carbocycles. The normalized spacial score (nSPS) is 12.4. The van der Waals surface area contributed by atoms with Gasteiger partial charge in [0.1, 0.15) is 5.75 Å². The Bertz CT molecular complexity index is 984. The number of carbonyl (C=O) groups is 2. The highest BCUT2D eigenvalue weighted by atomic mass is 32.2. The summed E-state index contributed by atoms with van der Waals surface area (Å²) in [5.74, 6) is -0.666. The molecular formula is C19H20N2O6S. The summed E-state index contributed by atoms with van der Waals surface area (Å²) in [6, 6.07) is 12.4. The molecule has 3 N–H and O–H groups in total. The zero-order valence-corrected chi connectivity index (χ0v) is 16.1. The van der Waals surface area contributed by atoms with Crippen molar-refractivity contribution in [3.8, 4) is 5.75 Å². The molecule has 0 bridgehead atoms. The summed E-state index contributed by atoms with van der Waals surface area (Å²) in [6.07, 6.45) is 1.66. The summed E-state index contributed by atoms with van der Waals surface area (Å²) in [6.45, 7) is 1.42. The van der Waals surface area contributed by atoms with Crippen molar-refractivity contribution in [2.24, 2.45) is 5.14 Å². The molecular weight excluding hydrogens is 384 g/mol. The number of nitrogens with one attached hydrogen (secondary N) is 1. The lowest BCUT2D eigenvalue weighted by molar-refractivity contribution is -0.148. The SMILES string of the molecule is COc1ccccc1/C=C/C(=O)O[C@@H](C)C(=O)Nc1ccc(S(N)(=O)=O)cc1. The highest BCUT2D eigenvalue weighted by molar-refractivity contribution is 7.89. The van der Waals surface area contributed by atoms with Gasteiger partial charge >= 0.3 is 5.97 Å². The summed E-state index contributed by atoms with van der Waals surface area (Å²) in [7, 11) is -2.29. The van der Waals surface area contributed by atoms with E-state index in [1.807, 2.05) is 0 Å². The maximum atomic E-state index is 12.1. The minimum atomic E-state index is -3.81. The third kappa shape index (κ3) is 5.93. The van der Waals surface area contributed by atoms with E-state index in [1.165, 1.54) is 50.5 Å².